The number of carbonyl (C=O) groups excluding carboxylic acids is 1. The Morgan fingerprint density at radius 2 is 1.94 bits per heavy atom. The van der Waals surface area contributed by atoms with E-state index in [9.17, 15) is 4.79 Å². The number of hydrogen-bond acceptors (Lipinski definition) is 6. The van der Waals surface area contributed by atoms with Crippen molar-refractivity contribution in [3.05, 3.63) is 66.7 Å². The Balaban J connectivity index is 1.23. The predicted molar refractivity (Wildman–Crippen MR) is 113 cm³/mol. The maximum absolute atomic E-state index is 12.5. The van der Waals surface area contributed by atoms with Crippen molar-refractivity contribution in [2.24, 2.45) is 0 Å². The van der Waals surface area contributed by atoms with Gasteiger partial charge in [-0.3, -0.25) is 0 Å². The molecule has 1 aliphatic rings. The molecule has 0 saturated carbocycles. The highest BCUT2D eigenvalue weighted by atomic mass is 16.5. The van der Waals surface area contributed by atoms with Crippen molar-refractivity contribution in [3.63, 3.8) is 0 Å². The number of amides is 2. The van der Waals surface area contributed by atoms with Crippen LogP contribution in [0.5, 0.6) is 11.5 Å². The minimum atomic E-state index is -0.185. The number of methoxy groups -OCH3 is 1. The van der Waals surface area contributed by atoms with Gasteiger partial charge in [0.15, 0.2) is 0 Å². The summed E-state index contributed by atoms with van der Waals surface area (Å²) in [7, 11) is 1.63. The van der Waals surface area contributed by atoms with Crippen LogP contribution < -0.4 is 14.8 Å². The van der Waals surface area contributed by atoms with Gasteiger partial charge < -0.3 is 24.4 Å². The maximum atomic E-state index is 12.5. The van der Waals surface area contributed by atoms with Crippen LogP contribution in [0.3, 0.4) is 0 Å². The van der Waals surface area contributed by atoms with E-state index in [0.29, 0.717) is 32.8 Å². The van der Waals surface area contributed by atoms with Gasteiger partial charge in [-0.05, 0) is 42.0 Å². The van der Waals surface area contributed by atoms with E-state index >= 15 is 0 Å². The Morgan fingerprint density at radius 1 is 1.16 bits per heavy atom. The number of aromatic nitrogens is 3. The first-order valence-electron chi connectivity index (χ1n) is 10.1. The van der Waals surface area contributed by atoms with Gasteiger partial charge in [0.1, 0.15) is 36.9 Å². The molecule has 9 nitrogen and oxygen atoms in total. The van der Waals surface area contributed by atoms with E-state index in [2.05, 4.69) is 15.4 Å². The van der Waals surface area contributed by atoms with E-state index < -0.39 is 0 Å². The number of nitrogens with one attached hydrogen (secondary N) is 1. The molecule has 9 heteroatoms. The summed E-state index contributed by atoms with van der Waals surface area (Å²) in [5.74, 6) is 1.52. The normalized spacial score (nSPS) is 16.0. The monoisotopic (exact) mass is 423 g/mol. The lowest BCUT2D eigenvalue weighted by molar-refractivity contribution is -0.0352. The molecule has 1 saturated heterocycles. The Bertz CT molecular complexity index is 961. The van der Waals surface area contributed by atoms with Gasteiger partial charge in [0, 0.05) is 13.1 Å². The van der Waals surface area contributed by atoms with E-state index in [1.165, 1.54) is 6.33 Å². The summed E-state index contributed by atoms with van der Waals surface area (Å²) < 4.78 is 18.5. The van der Waals surface area contributed by atoms with Crippen molar-refractivity contribution in [1.82, 2.24) is 25.0 Å². The first-order valence-corrected chi connectivity index (χ1v) is 10.1. The fourth-order valence-electron chi connectivity index (χ4n) is 3.26. The number of nitrogens with zero attached hydrogens (tertiary/aromatic N) is 4. The van der Waals surface area contributed by atoms with Crippen LogP contribution in [0, 0.1) is 0 Å². The fourth-order valence-corrected chi connectivity index (χ4v) is 3.26. The highest BCUT2D eigenvalue weighted by Crippen LogP contribution is 2.16. The van der Waals surface area contributed by atoms with E-state index in [1.54, 1.807) is 23.0 Å². The number of morpholine rings is 1. The van der Waals surface area contributed by atoms with Gasteiger partial charge in [-0.15, -0.1) is 0 Å². The molecule has 2 heterocycles. The molecule has 4 rings (SSSR count). The molecule has 0 spiro atoms. The largest absolute Gasteiger partial charge is 0.497 e. The topological polar surface area (TPSA) is 90.7 Å². The van der Waals surface area contributed by atoms with Crippen LogP contribution >= 0.6 is 0 Å². The van der Waals surface area contributed by atoms with Gasteiger partial charge >= 0.3 is 6.03 Å². The Hall–Kier alpha value is -3.59. The zero-order valence-corrected chi connectivity index (χ0v) is 17.3. The van der Waals surface area contributed by atoms with E-state index in [0.717, 1.165) is 22.7 Å². The lowest BCUT2D eigenvalue weighted by Gasteiger charge is -2.32. The molecular formula is C22H25N5O4. The van der Waals surface area contributed by atoms with Crippen molar-refractivity contribution in [1.29, 1.82) is 0 Å². The van der Waals surface area contributed by atoms with Crippen molar-refractivity contribution in [2.45, 2.75) is 12.6 Å². The van der Waals surface area contributed by atoms with Gasteiger partial charge in [-0.2, -0.15) is 5.10 Å². The quantitative estimate of drug-likeness (QED) is 0.627. The summed E-state index contributed by atoms with van der Waals surface area (Å²) in [5.41, 5.74) is 1.91. The van der Waals surface area contributed by atoms with Crippen molar-refractivity contribution < 1.29 is 19.0 Å². The molecule has 2 aromatic carbocycles. The zero-order chi connectivity index (χ0) is 21.5. The molecule has 1 unspecified atom stereocenters. The second-order valence-corrected chi connectivity index (χ2v) is 7.09. The smallest absolute Gasteiger partial charge is 0.317 e. The van der Waals surface area contributed by atoms with Crippen molar-refractivity contribution in [3.8, 4) is 17.2 Å². The second kappa shape index (κ2) is 9.94. The van der Waals surface area contributed by atoms with Crippen molar-refractivity contribution in [2.75, 3.05) is 33.4 Å². The molecule has 0 radical (unpaired) electrons. The fraction of sp³-hybridized carbons (Fsp3) is 0.318. The van der Waals surface area contributed by atoms with E-state index in [4.69, 9.17) is 14.2 Å². The number of benzene rings is 2. The number of hydrogen-bond donors (Lipinski definition) is 1. The molecule has 1 N–H and O–H groups in total. The summed E-state index contributed by atoms with van der Waals surface area (Å²) in [6.45, 7) is 2.34. The molecule has 1 fully saturated rings. The summed E-state index contributed by atoms with van der Waals surface area (Å²) >= 11 is 0. The summed E-state index contributed by atoms with van der Waals surface area (Å²) in [6, 6.07) is 15.1. The summed E-state index contributed by atoms with van der Waals surface area (Å²) in [6.07, 6.45) is 2.94. The third-order valence-electron chi connectivity index (χ3n) is 4.98. The molecular weight excluding hydrogens is 398 g/mol. The van der Waals surface area contributed by atoms with Crippen LogP contribution in [0.15, 0.2) is 61.2 Å². The Morgan fingerprint density at radius 3 is 2.65 bits per heavy atom. The highest BCUT2D eigenvalue weighted by molar-refractivity contribution is 5.74. The zero-order valence-electron chi connectivity index (χ0n) is 17.3. The SMILES string of the molecule is COc1ccc(CNC(=O)N2CCOC(COc3ccc(-n4cncn4)cc3)C2)cc1. The molecule has 0 bridgehead atoms. The van der Waals surface area contributed by atoms with Gasteiger partial charge in [0.05, 0.1) is 25.9 Å². The second-order valence-electron chi connectivity index (χ2n) is 7.09. The first kappa shape index (κ1) is 20.7. The third kappa shape index (κ3) is 5.52. The molecule has 1 aromatic heterocycles. The van der Waals surface area contributed by atoms with Gasteiger partial charge in [0.25, 0.3) is 0 Å². The van der Waals surface area contributed by atoms with Crippen LogP contribution in [-0.4, -0.2) is 65.2 Å². The van der Waals surface area contributed by atoms with E-state index in [-0.39, 0.29) is 12.1 Å². The van der Waals surface area contributed by atoms with Crippen LogP contribution in [0.2, 0.25) is 0 Å². The Kier molecular flexibility index (Phi) is 6.63. The lowest BCUT2D eigenvalue weighted by atomic mass is 10.2. The lowest BCUT2D eigenvalue weighted by Crippen LogP contribution is -2.50. The minimum absolute atomic E-state index is 0.110. The molecule has 31 heavy (non-hydrogen) atoms. The minimum Gasteiger partial charge on any atom is -0.497 e. The average Bonchev–Trinajstić information content (AvgIpc) is 3.37. The predicted octanol–water partition coefficient (Wildman–Crippen LogP) is 2.27. The standard InChI is InChI=1S/C22H25N5O4/c1-29-19-6-2-17(3-7-19)12-24-22(28)26-10-11-30-21(13-26)14-31-20-8-4-18(5-9-20)27-16-23-15-25-27/h2-9,15-16,21H,10-14H2,1H3,(H,24,28). The molecule has 0 aliphatic carbocycles. The first-order chi connectivity index (χ1) is 15.2. The number of rotatable bonds is 7. The molecule has 2 amide bonds. The van der Waals surface area contributed by atoms with Gasteiger partial charge in [-0.1, -0.05) is 12.1 Å². The van der Waals surface area contributed by atoms with Crippen LogP contribution in [0.1, 0.15) is 5.56 Å². The number of ether oxygens (including phenoxy) is 3. The van der Waals surface area contributed by atoms with Crippen molar-refractivity contribution >= 4 is 6.03 Å². The molecule has 1 atom stereocenters. The molecule has 3 aromatic rings. The molecule has 162 valence electrons. The molecule has 1 aliphatic heterocycles. The number of urea groups is 1. The summed E-state index contributed by atoms with van der Waals surface area (Å²) in [5, 5.41) is 7.05. The maximum Gasteiger partial charge on any atom is 0.317 e. The van der Waals surface area contributed by atoms with Crippen LogP contribution in [-0.2, 0) is 11.3 Å². The third-order valence-corrected chi connectivity index (χ3v) is 4.98. The van der Waals surface area contributed by atoms with Crippen LogP contribution in [0.25, 0.3) is 5.69 Å². The average molecular weight is 423 g/mol. The highest BCUT2D eigenvalue weighted by Gasteiger charge is 2.24. The van der Waals surface area contributed by atoms with Crippen LogP contribution in [0.4, 0.5) is 4.79 Å². The van der Waals surface area contributed by atoms with Gasteiger partial charge in [-0.25, -0.2) is 14.5 Å². The number of carbonyl (C=O) groups is 1. The van der Waals surface area contributed by atoms with E-state index in [1.807, 2.05) is 48.5 Å². The van der Waals surface area contributed by atoms with Gasteiger partial charge in [0.2, 0.25) is 0 Å². The Labute approximate surface area is 180 Å². The summed E-state index contributed by atoms with van der Waals surface area (Å²) in [4.78, 5) is 18.2.